The summed E-state index contributed by atoms with van der Waals surface area (Å²) in [5, 5.41) is 11.0. The molecule has 0 fully saturated rings. The van der Waals surface area contributed by atoms with E-state index >= 15 is 0 Å². The summed E-state index contributed by atoms with van der Waals surface area (Å²) in [5.74, 6) is -0.204. The van der Waals surface area contributed by atoms with Crippen molar-refractivity contribution in [1.82, 2.24) is 24.9 Å². The number of aryl methyl sites for hydroxylation is 1. The molecule has 0 radical (unpaired) electrons. The molecule has 9 heteroatoms. The number of hydrogen-bond donors (Lipinski definition) is 1. The molecule has 0 atom stereocenters. The van der Waals surface area contributed by atoms with Crippen molar-refractivity contribution >= 4 is 28.8 Å². The third kappa shape index (κ3) is 4.13. The summed E-state index contributed by atoms with van der Waals surface area (Å²) in [6, 6.07) is 14.1. The van der Waals surface area contributed by atoms with Crippen molar-refractivity contribution in [2.45, 2.75) is 13.5 Å². The predicted molar refractivity (Wildman–Crippen MR) is 112 cm³/mol. The van der Waals surface area contributed by atoms with E-state index in [0.717, 1.165) is 16.9 Å². The van der Waals surface area contributed by atoms with Crippen molar-refractivity contribution in [2.24, 2.45) is 0 Å². The fourth-order valence-corrected chi connectivity index (χ4v) is 3.84. The number of carbonyl (C=O) groups excluding carboxylic acids is 1. The van der Waals surface area contributed by atoms with Crippen molar-refractivity contribution in [2.75, 3.05) is 0 Å². The van der Waals surface area contributed by atoms with Crippen LogP contribution >= 0.6 is 22.9 Å². The lowest BCUT2D eigenvalue weighted by Crippen LogP contribution is -2.21. The SMILES string of the molecule is Cc1cc(-n2cc(CNC(=O)c3ccc(Cl)s3)nn2)ccc1-n1ccccc1=O. The molecule has 0 unspecified atom stereocenters. The lowest BCUT2D eigenvalue weighted by molar-refractivity contribution is 0.0954. The number of aromatic nitrogens is 4. The van der Waals surface area contributed by atoms with Gasteiger partial charge in [-0.15, -0.1) is 16.4 Å². The summed E-state index contributed by atoms with van der Waals surface area (Å²) in [7, 11) is 0. The Kier molecular flexibility index (Phi) is 5.28. The van der Waals surface area contributed by atoms with Gasteiger partial charge in [-0.05, 0) is 48.9 Å². The van der Waals surface area contributed by atoms with Gasteiger partial charge < -0.3 is 5.32 Å². The molecule has 4 aromatic rings. The Labute approximate surface area is 175 Å². The molecule has 7 nitrogen and oxygen atoms in total. The molecule has 146 valence electrons. The highest BCUT2D eigenvalue weighted by atomic mass is 35.5. The van der Waals surface area contributed by atoms with Crippen molar-refractivity contribution in [3.63, 3.8) is 0 Å². The Balaban J connectivity index is 1.49. The molecular weight excluding hydrogens is 410 g/mol. The summed E-state index contributed by atoms with van der Waals surface area (Å²) in [4.78, 5) is 24.7. The number of nitrogens with zero attached hydrogens (tertiary/aromatic N) is 4. The van der Waals surface area contributed by atoms with Crippen LogP contribution in [0.25, 0.3) is 11.4 Å². The first kappa shape index (κ1) is 19.1. The van der Waals surface area contributed by atoms with Crippen LogP contribution in [0.5, 0.6) is 0 Å². The molecule has 0 saturated heterocycles. The number of pyridine rings is 1. The molecule has 0 aliphatic rings. The highest BCUT2D eigenvalue weighted by Gasteiger charge is 2.11. The lowest BCUT2D eigenvalue weighted by atomic mass is 10.1. The molecule has 0 bridgehead atoms. The molecule has 3 aromatic heterocycles. The zero-order valence-electron chi connectivity index (χ0n) is 15.4. The topological polar surface area (TPSA) is 81.8 Å². The van der Waals surface area contributed by atoms with Gasteiger partial charge in [-0.1, -0.05) is 22.9 Å². The molecule has 0 saturated carbocycles. The fraction of sp³-hybridized carbons (Fsp3) is 0.100. The highest BCUT2D eigenvalue weighted by Crippen LogP contribution is 2.21. The Morgan fingerprint density at radius 3 is 2.79 bits per heavy atom. The zero-order chi connectivity index (χ0) is 20.4. The lowest BCUT2D eigenvalue weighted by Gasteiger charge is -2.10. The molecule has 0 aliphatic heterocycles. The van der Waals surface area contributed by atoms with E-state index in [1.807, 2.05) is 31.2 Å². The van der Waals surface area contributed by atoms with E-state index < -0.39 is 0 Å². The molecule has 3 heterocycles. The molecule has 0 aliphatic carbocycles. The minimum atomic E-state index is -0.204. The number of nitrogens with one attached hydrogen (secondary N) is 1. The van der Waals surface area contributed by atoms with Gasteiger partial charge in [0, 0.05) is 12.3 Å². The molecule has 1 N–H and O–H groups in total. The monoisotopic (exact) mass is 425 g/mol. The van der Waals surface area contributed by atoms with Crippen LogP contribution in [0.3, 0.4) is 0 Å². The van der Waals surface area contributed by atoms with Gasteiger partial charge in [0.05, 0.1) is 33.3 Å². The zero-order valence-corrected chi connectivity index (χ0v) is 16.9. The minimum Gasteiger partial charge on any atom is -0.346 e. The van der Waals surface area contributed by atoms with Crippen LogP contribution in [0.4, 0.5) is 0 Å². The number of rotatable bonds is 5. The number of carbonyl (C=O) groups is 1. The van der Waals surface area contributed by atoms with E-state index in [4.69, 9.17) is 11.6 Å². The van der Waals surface area contributed by atoms with E-state index in [-0.39, 0.29) is 18.0 Å². The molecular formula is C20H16ClN5O2S. The van der Waals surface area contributed by atoms with Crippen LogP contribution < -0.4 is 10.9 Å². The van der Waals surface area contributed by atoms with Gasteiger partial charge in [0.25, 0.3) is 11.5 Å². The van der Waals surface area contributed by atoms with Crippen molar-refractivity contribution < 1.29 is 4.79 Å². The van der Waals surface area contributed by atoms with Crippen LogP contribution in [0.1, 0.15) is 20.9 Å². The number of thiophene rings is 1. The van der Waals surface area contributed by atoms with Crippen molar-refractivity contribution in [1.29, 1.82) is 0 Å². The summed E-state index contributed by atoms with van der Waals surface area (Å²) >= 11 is 7.08. The average Bonchev–Trinajstić information content (AvgIpc) is 3.36. The average molecular weight is 426 g/mol. The van der Waals surface area contributed by atoms with E-state index in [1.54, 1.807) is 39.8 Å². The number of hydrogen-bond acceptors (Lipinski definition) is 5. The second-order valence-electron chi connectivity index (χ2n) is 6.32. The minimum absolute atomic E-state index is 0.0887. The second-order valence-corrected chi connectivity index (χ2v) is 8.04. The van der Waals surface area contributed by atoms with Gasteiger partial charge in [0.15, 0.2) is 0 Å². The third-order valence-corrected chi connectivity index (χ3v) is 5.52. The van der Waals surface area contributed by atoms with Gasteiger partial charge in [0.1, 0.15) is 5.69 Å². The standard InChI is InChI=1S/C20H16ClN5O2S/c1-13-10-15(5-6-16(13)25-9-3-2-4-19(25)27)26-12-14(23-24-26)11-22-20(28)17-7-8-18(21)29-17/h2-10,12H,11H2,1H3,(H,22,28). The van der Waals surface area contributed by atoms with E-state index in [0.29, 0.717) is 14.9 Å². The molecule has 1 aromatic carbocycles. The number of halogens is 1. The highest BCUT2D eigenvalue weighted by molar-refractivity contribution is 7.17. The van der Waals surface area contributed by atoms with E-state index in [1.165, 1.54) is 17.4 Å². The Bertz CT molecular complexity index is 1240. The van der Waals surface area contributed by atoms with Gasteiger partial charge in [-0.25, -0.2) is 4.68 Å². The fourth-order valence-electron chi connectivity index (χ4n) is 2.88. The number of benzene rings is 1. The molecule has 29 heavy (non-hydrogen) atoms. The van der Waals surface area contributed by atoms with Crippen LogP contribution in [0.2, 0.25) is 4.34 Å². The Morgan fingerprint density at radius 2 is 2.07 bits per heavy atom. The van der Waals surface area contributed by atoms with Crippen molar-refractivity contribution in [3.8, 4) is 11.4 Å². The predicted octanol–water partition coefficient (Wildman–Crippen LogP) is 3.37. The van der Waals surface area contributed by atoms with E-state index in [2.05, 4.69) is 15.6 Å². The third-order valence-electron chi connectivity index (χ3n) is 4.29. The first-order valence-corrected chi connectivity index (χ1v) is 9.94. The summed E-state index contributed by atoms with van der Waals surface area (Å²) in [5.41, 5.74) is 3.08. The maximum Gasteiger partial charge on any atom is 0.261 e. The van der Waals surface area contributed by atoms with Gasteiger partial charge in [-0.3, -0.25) is 14.2 Å². The summed E-state index contributed by atoms with van der Waals surface area (Å²) in [6.45, 7) is 2.19. The summed E-state index contributed by atoms with van der Waals surface area (Å²) < 4.78 is 3.80. The van der Waals surface area contributed by atoms with Gasteiger partial charge in [-0.2, -0.15) is 0 Å². The van der Waals surface area contributed by atoms with Crippen LogP contribution in [0.15, 0.2) is 65.7 Å². The van der Waals surface area contributed by atoms with Crippen LogP contribution in [-0.4, -0.2) is 25.5 Å². The van der Waals surface area contributed by atoms with Crippen LogP contribution in [-0.2, 0) is 6.54 Å². The maximum atomic E-state index is 12.1. The molecule has 1 amide bonds. The summed E-state index contributed by atoms with van der Waals surface area (Å²) in [6.07, 6.45) is 3.49. The van der Waals surface area contributed by atoms with Gasteiger partial charge in [0.2, 0.25) is 0 Å². The van der Waals surface area contributed by atoms with E-state index in [9.17, 15) is 9.59 Å². The smallest absolute Gasteiger partial charge is 0.261 e. The first-order chi connectivity index (χ1) is 14.0. The Morgan fingerprint density at radius 1 is 1.21 bits per heavy atom. The second kappa shape index (κ2) is 8.02. The first-order valence-electron chi connectivity index (χ1n) is 8.75. The Hall–Kier alpha value is -3.23. The van der Waals surface area contributed by atoms with Crippen LogP contribution in [0, 0.1) is 6.92 Å². The largest absolute Gasteiger partial charge is 0.346 e. The number of amides is 1. The quantitative estimate of drug-likeness (QED) is 0.531. The van der Waals surface area contributed by atoms with Gasteiger partial charge >= 0.3 is 0 Å². The molecule has 0 spiro atoms. The molecule has 4 rings (SSSR count). The normalized spacial score (nSPS) is 10.8. The maximum absolute atomic E-state index is 12.1. The van der Waals surface area contributed by atoms with Crippen molar-refractivity contribution in [3.05, 3.63) is 91.7 Å².